The van der Waals surface area contributed by atoms with Crippen LogP contribution < -0.4 is 0 Å². The Hall–Kier alpha value is -1.64. The van der Waals surface area contributed by atoms with Crippen molar-refractivity contribution < 1.29 is 0 Å². The highest BCUT2D eigenvalue weighted by Gasteiger charge is 2.29. The molecule has 0 aliphatic heterocycles. The summed E-state index contributed by atoms with van der Waals surface area (Å²) in [5, 5.41) is 9.06. The number of hydrogen-bond acceptors (Lipinski definition) is 3. The molecule has 0 amide bonds. The number of aromatic nitrogens is 2. The average molecular weight is 314 g/mol. The fourth-order valence-corrected chi connectivity index (χ4v) is 3.29. The van der Waals surface area contributed by atoms with Crippen LogP contribution in [0.15, 0.2) is 24.3 Å². The van der Waals surface area contributed by atoms with E-state index in [1.807, 2.05) is 0 Å². The number of aryl methyl sites for hydroxylation is 1. The third-order valence-corrected chi connectivity index (χ3v) is 4.76. The molecule has 0 N–H and O–H groups in total. The van der Waals surface area contributed by atoms with Gasteiger partial charge in [-0.15, -0.1) is 0 Å². The van der Waals surface area contributed by atoms with E-state index in [-0.39, 0.29) is 0 Å². The van der Waals surface area contributed by atoms with Gasteiger partial charge in [-0.3, -0.25) is 4.90 Å². The molecule has 1 aliphatic carbocycles. The smallest absolute Gasteiger partial charge is 0.181 e. The maximum atomic E-state index is 9.06. The summed E-state index contributed by atoms with van der Waals surface area (Å²) in [6.45, 7) is 4.35. The Kier molecular flexibility index (Phi) is 4.60. The van der Waals surface area contributed by atoms with Gasteiger partial charge in [-0.25, -0.2) is 0 Å². The number of nitrogens with zero attached hydrogens (tertiary/aromatic N) is 4. The van der Waals surface area contributed by atoms with Crippen molar-refractivity contribution in [1.29, 1.82) is 5.26 Å². The highest BCUT2D eigenvalue weighted by atomic mass is 32.1. The summed E-state index contributed by atoms with van der Waals surface area (Å²) in [6.07, 6.45) is 4.68. The zero-order valence-electron chi connectivity index (χ0n) is 13.0. The first-order chi connectivity index (χ1) is 10.8. The largest absolute Gasteiger partial charge is 0.317 e. The molecule has 1 aromatic heterocycles. The van der Waals surface area contributed by atoms with Gasteiger partial charge in [0, 0.05) is 12.6 Å². The minimum Gasteiger partial charge on any atom is -0.317 e. The van der Waals surface area contributed by atoms with Crippen molar-refractivity contribution in [2.45, 2.75) is 51.9 Å². The molecule has 3 rings (SSSR count). The van der Waals surface area contributed by atoms with Crippen molar-refractivity contribution in [1.82, 2.24) is 14.0 Å². The lowest BCUT2D eigenvalue weighted by Crippen LogP contribution is -2.29. The van der Waals surface area contributed by atoms with Gasteiger partial charge in [0.15, 0.2) is 4.77 Å². The second-order valence-electron chi connectivity index (χ2n) is 5.98. The summed E-state index contributed by atoms with van der Waals surface area (Å²) in [5.74, 6) is 0. The Labute approximate surface area is 136 Å². The molecule has 5 heteroatoms. The van der Waals surface area contributed by atoms with Crippen LogP contribution >= 0.6 is 12.2 Å². The third-order valence-electron chi connectivity index (χ3n) is 4.32. The minimum atomic E-state index is 0.473. The van der Waals surface area contributed by atoms with Gasteiger partial charge in [0.25, 0.3) is 0 Å². The van der Waals surface area contributed by atoms with Crippen LogP contribution in [0.4, 0.5) is 0 Å². The maximum absolute atomic E-state index is 9.06. The van der Waals surface area contributed by atoms with Gasteiger partial charge < -0.3 is 9.13 Å². The second-order valence-corrected chi connectivity index (χ2v) is 6.35. The molecule has 2 aromatic rings. The van der Waals surface area contributed by atoms with E-state index in [2.05, 4.69) is 51.3 Å². The Balaban J connectivity index is 1.99. The van der Waals surface area contributed by atoms with E-state index >= 15 is 0 Å². The molecule has 116 valence electrons. The molecular formula is C17H22N4S. The summed E-state index contributed by atoms with van der Waals surface area (Å²) in [5.41, 5.74) is 2.38. The monoisotopic (exact) mass is 314 g/mol. The fourth-order valence-electron chi connectivity index (χ4n) is 2.95. The number of hydrogen-bond donors (Lipinski definition) is 0. The van der Waals surface area contributed by atoms with Gasteiger partial charge in [0.05, 0.1) is 30.3 Å². The molecule has 22 heavy (non-hydrogen) atoms. The van der Waals surface area contributed by atoms with E-state index in [9.17, 15) is 0 Å². The number of rotatable bonds is 7. The van der Waals surface area contributed by atoms with Gasteiger partial charge in [-0.2, -0.15) is 5.26 Å². The van der Waals surface area contributed by atoms with E-state index in [1.165, 1.54) is 23.9 Å². The predicted octanol–water partition coefficient (Wildman–Crippen LogP) is 3.92. The predicted molar refractivity (Wildman–Crippen MR) is 91.0 cm³/mol. The van der Waals surface area contributed by atoms with Gasteiger partial charge in [-0.1, -0.05) is 25.5 Å². The molecule has 0 atom stereocenters. The van der Waals surface area contributed by atoms with Crippen molar-refractivity contribution in [3.8, 4) is 6.07 Å². The Bertz CT molecular complexity index is 748. The van der Waals surface area contributed by atoms with Gasteiger partial charge in [-0.05, 0) is 43.6 Å². The minimum absolute atomic E-state index is 0.473. The highest BCUT2D eigenvalue weighted by molar-refractivity contribution is 7.71. The van der Waals surface area contributed by atoms with E-state index < -0.39 is 0 Å². The average Bonchev–Trinajstić information content (AvgIpc) is 3.33. The fraction of sp³-hybridized carbons (Fsp3) is 0.529. The number of nitriles is 1. The lowest BCUT2D eigenvalue weighted by molar-refractivity contribution is 0.235. The van der Waals surface area contributed by atoms with Crippen molar-refractivity contribution >= 4 is 23.3 Å². The van der Waals surface area contributed by atoms with Crippen LogP contribution in [0.3, 0.4) is 0 Å². The lowest BCUT2D eigenvalue weighted by atomic mass is 10.3. The first-order valence-corrected chi connectivity index (χ1v) is 8.46. The summed E-state index contributed by atoms with van der Waals surface area (Å²) in [7, 11) is 0. The number of para-hydroxylation sites is 2. The molecule has 4 nitrogen and oxygen atoms in total. The van der Waals surface area contributed by atoms with Gasteiger partial charge >= 0.3 is 0 Å². The summed E-state index contributed by atoms with van der Waals surface area (Å²) < 4.78 is 5.31. The quantitative estimate of drug-likeness (QED) is 0.574. The number of fused-ring (bicyclic) bond motifs is 1. The molecule has 0 unspecified atom stereocenters. The molecule has 0 saturated heterocycles. The molecule has 1 aromatic carbocycles. The molecule has 1 fully saturated rings. The second kappa shape index (κ2) is 6.64. The van der Waals surface area contributed by atoms with Crippen LogP contribution in [0.2, 0.25) is 0 Å². The molecule has 0 radical (unpaired) electrons. The molecule has 1 heterocycles. The summed E-state index contributed by atoms with van der Waals surface area (Å²) in [4.78, 5) is 2.24. The third kappa shape index (κ3) is 2.94. The number of unbranched alkanes of at least 4 members (excludes halogenated alkanes) is 1. The van der Waals surface area contributed by atoms with Crippen LogP contribution in [0, 0.1) is 16.1 Å². The zero-order chi connectivity index (χ0) is 15.5. The van der Waals surface area contributed by atoms with Crippen LogP contribution in [-0.2, 0) is 13.2 Å². The number of benzene rings is 1. The highest BCUT2D eigenvalue weighted by Crippen LogP contribution is 2.28. The van der Waals surface area contributed by atoms with E-state index in [4.69, 9.17) is 17.5 Å². The van der Waals surface area contributed by atoms with E-state index in [0.717, 1.165) is 30.8 Å². The molecule has 1 aliphatic rings. The molecular weight excluding hydrogens is 292 g/mol. The van der Waals surface area contributed by atoms with Crippen LogP contribution in [0.25, 0.3) is 11.0 Å². The van der Waals surface area contributed by atoms with Gasteiger partial charge in [0.2, 0.25) is 0 Å². The first kappa shape index (κ1) is 15.3. The van der Waals surface area contributed by atoms with Gasteiger partial charge in [0.1, 0.15) is 0 Å². The molecule has 1 saturated carbocycles. The van der Waals surface area contributed by atoms with Crippen molar-refractivity contribution in [2.75, 3.05) is 6.54 Å². The molecule has 0 bridgehead atoms. The van der Waals surface area contributed by atoms with Crippen LogP contribution in [0.1, 0.15) is 32.6 Å². The normalized spacial score (nSPS) is 14.6. The Morgan fingerprint density at radius 3 is 2.55 bits per heavy atom. The van der Waals surface area contributed by atoms with Crippen LogP contribution in [-0.4, -0.2) is 26.6 Å². The van der Waals surface area contributed by atoms with Crippen molar-refractivity contribution in [2.24, 2.45) is 0 Å². The first-order valence-electron chi connectivity index (χ1n) is 8.05. The topological polar surface area (TPSA) is 36.9 Å². The SMILES string of the molecule is CCCCn1c(=S)n(CN(CC#N)C2CC2)c2ccccc21. The Morgan fingerprint density at radius 2 is 1.95 bits per heavy atom. The lowest BCUT2D eigenvalue weighted by Gasteiger charge is -2.19. The van der Waals surface area contributed by atoms with E-state index in [1.54, 1.807) is 0 Å². The van der Waals surface area contributed by atoms with Crippen molar-refractivity contribution in [3.63, 3.8) is 0 Å². The van der Waals surface area contributed by atoms with Crippen molar-refractivity contribution in [3.05, 3.63) is 29.0 Å². The van der Waals surface area contributed by atoms with E-state index in [0.29, 0.717) is 12.6 Å². The summed E-state index contributed by atoms with van der Waals surface area (Å²) >= 11 is 5.73. The number of imidazole rings is 1. The zero-order valence-corrected chi connectivity index (χ0v) is 13.9. The maximum Gasteiger partial charge on any atom is 0.181 e. The van der Waals surface area contributed by atoms with Crippen LogP contribution in [0.5, 0.6) is 0 Å². The standard InChI is InChI=1S/C17H22N4S/c1-2-3-11-20-15-6-4-5-7-16(15)21(17(20)22)13-19(12-10-18)14-8-9-14/h4-7,14H,2-3,8-9,11-13H2,1H3. The molecule has 0 spiro atoms. The summed E-state index contributed by atoms with van der Waals surface area (Å²) in [6, 6.07) is 11.2. The Morgan fingerprint density at radius 1 is 1.27 bits per heavy atom.